The van der Waals surface area contributed by atoms with Crippen LogP contribution in [0.1, 0.15) is 28.3 Å². The topological polar surface area (TPSA) is 83.9 Å². The van der Waals surface area contributed by atoms with Gasteiger partial charge in [0.25, 0.3) is 0 Å². The molecule has 0 spiro atoms. The van der Waals surface area contributed by atoms with Gasteiger partial charge in [-0.1, -0.05) is 35.3 Å². The summed E-state index contributed by atoms with van der Waals surface area (Å²) in [6.07, 6.45) is -7.22. The van der Waals surface area contributed by atoms with Crippen LogP contribution in [-0.2, 0) is 11.8 Å². The first-order chi connectivity index (χ1) is 16.7. The van der Waals surface area contributed by atoms with Crippen LogP contribution in [-0.4, -0.2) is 37.8 Å². The van der Waals surface area contributed by atoms with Gasteiger partial charge in [0, 0.05) is 17.1 Å². The van der Waals surface area contributed by atoms with Crippen molar-refractivity contribution in [2.75, 3.05) is 6.61 Å². The fourth-order valence-electron chi connectivity index (χ4n) is 3.54. The molecule has 4 rings (SSSR count). The summed E-state index contributed by atoms with van der Waals surface area (Å²) in [6.45, 7) is -0.0731. The number of benzene rings is 1. The average molecular weight is 551 g/mol. The molecule has 1 aromatic carbocycles. The van der Waals surface area contributed by atoms with E-state index in [-0.39, 0.29) is 32.7 Å². The molecule has 6 nitrogen and oxygen atoms in total. The van der Waals surface area contributed by atoms with Gasteiger partial charge in [-0.3, -0.25) is 4.98 Å². The van der Waals surface area contributed by atoms with E-state index in [1.54, 1.807) is 6.92 Å². The molecule has 1 unspecified atom stereocenters. The van der Waals surface area contributed by atoms with Crippen LogP contribution in [0.5, 0.6) is 5.75 Å². The number of imidazole rings is 1. The lowest BCUT2D eigenvalue weighted by atomic mass is 9.84. The van der Waals surface area contributed by atoms with E-state index < -0.39 is 41.2 Å². The molecule has 3 aromatic heterocycles. The monoisotopic (exact) mass is 550 g/mol. The summed E-state index contributed by atoms with van der Waals surface area (Å²) in [5.74, 6) is -0.115. The van der Waals surface area contributed by atoms with E-state index in [4.69, 9.17) is 27.9 Å². The number of aromatic amines is 1. The average Bonchev–Trinajstić information content (AvgIpc) is 3.24. The molecule has 2 N–H and O–H groups in total. The molecule has 0 aliphatic rings. The van der Waals surface area contributed by atoms with E-state index in [0.717, 1.165) is 12.3 Å². The minimum Gasteiger partial charge on any atom is -0.479 e. The van der Waals surface area contributed by atoms with Crippen molar-refractivity contribution in [3.63, 3.8) is 0 Å². The van der Waals surface area contributed by atoms with E-state index >= 15 is 0 Å². The molecular formula is C22H14Cl2F6N4O2. The number of fused-ring (bicyclic) bond motifs is 1. The number of hydrogen-bond acceptors (Lipinski definition) is 5. The van der Waals surface area contributed by atoms with Crippen molar-refractivity contribution >= 4 is 34.1 Å². The van der Waals surface area contributed by atoms with Crippen LogP contribution in [0.3, 0.4) is 0 Å². The number of aliphatic hydroxyl groups is 1. The summed E-state index contributed by atoms with van der Waals surface area (Å²) in [6, 6.07) is 5.88. The first-order valence-corrected chi connectivity index (χ1v) is 10.7. The first kappa shape index (κ1) is 26.0. The predicted molar refractivity (Wildman–Crippen MR) is 118 cm³/mol. The lowest BCUT2D eigenvalue weighted by molar-refractivity contribution is -0.153. The molecule has 0 fully saturated rings. The van der Waals surface area contributed by atoms with Crippen LogP contribution in [0.25, 0.3) is 10.9 Å². The molecule has 14 heteroatoms. The molecule has 0 radical (unpaired) electrons. The lowest BCUT2D eigenvalue weighted by Crippen LogP contribution is -2.30. The van der Waals surface area contributed by atoms with Crippen molar-refractivity contribution in [2.24, 2.45) is 0 Å². The molecule has 0 aliphatic carbocycles. The minimum absolute atomic E-state index is 0.0508. The summed E-state index contributed by atoms with van der Waals surface area (Å²) in [5.41, 5.74) is -2.99. The fraction of sp³-hybridized carbons (Fsp3) is 0.227. The Morgan fingerprint density at radius 1 is 0.972 bits per heavy atom. The number of nitrogens with one attached hydrogen (secondary N) is 1. The van der Waals surface area contributed by atoms with Gasteiger partial charge in [0.2, 0.25) is 0 Å². The molecule has 0 bridgehead atoms. The Balaban J connectivity index is 1.89. The number of pyridine rings is 2. The van der Waals surface area contributed by atoms with E-state index in [9.17, 15) is 31.4 Å². The third-order valence-corrected chi connectivity index (χ3v) is 5.83. The molecule has 1 atom stereocenters. The van der Waals surface area contributed by atoms with Crippen molar-refractivity contribution in [1.29, 1.82) is 0 Å². The van der Waals surface area contributed by atoms with Crippen molar-refractivity contribution < 1.29 is 36.2 Å². The van der Waals surface area contributed by atoms with Crippen molar-refractivity contribution in [2.45, 2.75) is 24.9 Å². The zero-order valence-corrected chi connectivity index (χ0v) is 19.5. The number of rotatable bonds is 5. The zero-order chi connectivity index (χ0) is 26.5. The van der Waals surface area contributed by atoms with Crippen LogP contribution >= 0.6 is 23.2 Å². The van der Waals surface area contributed by atoms with Gasteiger partial charge in [0.05, 0.1) is 22.4 Å². The Bertz CT molecular complexity index is 1420. The summed E-state index contributed by atoms with van der Waals surface area (Å²) >= 11 is 12.3. The Morgan fingerprint density at radius 2 is 1.67 bits per heavy atom. The highest BCUT2D eigenvalue weighted by Gasteiger charge is 2.39. The summed E-state index contributed by atoms with van der Waals surface area (Å²) in [4.78, 5) is 14.3. The highest BCUT2D eigenvalue weighted by atomic mass is 35.5. The molecule has 0 amide bonds. The Morgan fingerprint density at radius 3 is 2.22 bits per heavy atom. The van der Waals surface area contributed by atoms with Gasteiger partial charge >= 0.3 is 12.4 Å². The maximum Gasteiger partial charge on any atom is 0.433 e. The summed E-state index contributed by atoms with van der Waals surface area (Å²) < 4.78 is 81.8. The van der Waals surface area contributed by atoms with E-state index in [1.807, 2.05) is 0 Å². The number of nitrogens with zero attached hydrogens (tertiary/aromatic N) is 3. The number of halogens is 8. The van der Waals surface area contributed by atoms with E-state index in [0.29, 0.717) is 11.9 Å². The molecule has 0 aliphatic heterocycles. The van der Waals surface area contributed by atoms with Crippen LogP contribution < -0.4 is 4.74 Å². The van der Waals surface area contributed by atoms with E-state index in [2.05, 4.69) is 19.9 Å². The summed E-state index contributed by atoms with van der Waals surface area (Å²) in [5, 5.41) is 11.2. The van der Waals surface area contributed by atoms with Crippen molar-refractivity contribution in [1.82, 2.24) is 19.9 Å². The number of aromatic nitrogens is 4. The van der Waals surface area contributed by atoms with Gasteiger partial charge in [-0.25, -0.2) is 9.97 Å². The molecule has 190 valence electrons. The third kappa shape index (κ3) is 4.93. The predicted octanol–water partition coefficient (Wildman–Crippen LogP) is 6.21. The van der Waals surface area contributed by atoms with Crippen molar-refractivity contribution in [3.8, 4) is 5.75 Å². The standard InChI is InChI=1S/C22H14Cl2F6N4O2/c1-10-31-8-16(33-10)21(35,12-3-5-15(32-7-12)22(28,29)30)11-2-4-14-13(6-11)17(23)18(19(24)34-14)36-9-20(25,26)27/h2-8,35H,9H2,1H3,(H,31,33). The van der Waals surface area contributed by atoms with Crippen LogP contribution in [0, 0.1) is 6.92 Å². The lowest BCUT2D eigenvalue weighted by Gasteiger charge is -2.28. The quantitative estimate of drug-likeness (QED) is 0.228. The SMILES string of the molecule is Cc1ncc(C(O)(c2ccc(C(F)(F)F)nc2)c2ccc3nc(Cl)c(OCC(F)(F)F)c(Cl)c3c2)[nH]1. The largest absolute Gasteiger partial charge is 0.479 e. The van der Waals surface area contributed by atoms with E-state index in [1.165, 1.54) is 24.4 Å². The second kappa shape index (κ2) is 9.09. The first-order valence-electron chi connectivity index (χ1n) is 9.97. The van der Waals surface area contributed by atoms with Crippen LogP contribution in [0.15, 0.2) is 42.7 Å². The second-order valence-electron chi connectivity index (χ2n) is 7.70. The van der Waals surface area contributed by atoms with Gasteiger partial charge < -0.3 is 14.8 Å². The molecule has 4 aromatic rings. The molecule has 3 heterocycles. The van der Waals surface area contributed by atoms with Gasteiger partial charge in [-0.05, 0) is 30.7 Å². The number of H-pyrrole nitrogens is 1. The highest BCUT2D eigenvalue weighted by Crippen LogP contribution is 2.42. The maximum absolute atomic E-state index is 13.0. The molecule has 0 saturated carbocycles. The number of alkyl halides is 6. The van der Waals surface area contributed by atoms with Gasteiger partial charge in [-0.15, -0.1) is 0 Å². The Kier molecular flexibility index (Phi) is 6.56. The maximum atomic E-state index is 13.0. The Hall–Kier alpha value is -3.09. The molecular weight excluding hydrogens is 537 g/mol. The Labute approximate surface area is 208 Å². The fourth-order valence-corrected chi connectivity index (χ4v) is 4.12. The number of ether oxygens (including phenoxy) is 1. The highest BCUT2D eigenvalue weighted by molar-refractivity contribution is 6.40. The van der Waals surface area contributed by atoms with Crippen molar-refractivity contribution in [3.05, 3.63) is 81.2 Å². The van der Waals surface area contributed by atoms with Crippen LogP contribution in [0.2, 0.25) is 10.2 Å². The summed E-state index contributed by atoms with van der Waals surface area (Å²) in [7, 11) is 0. The van der Waals surface area contributed by atoms with Gasteiger partial charge in [0.1, 0.15) is 11.5 Å². The van der Waals surface area contributed by atoms with Crippen LogP contribution in [0.4, 0.5) is 26.3 Å². The second-order valence-corrected chi connectivity index (χ2v) is 8.44. The zero-order valence-electron chi connectivity index (χ0n) is 18.0. The molecule has 0 saturated heterocycles. The normalized spacial score (nSPS) is 14.2. The van der Waals surface area contributed by atoms with Gasteiger partial charge in [-0.2, -0.15) is 26.3 Å². The third-order valence-electron chi connectivity index (χ3n) is 5.20. The minimum atomic E-state index is -4.70. The van der Waals surface area contributed by atoms with Gasteiger partial charge in [0.15, 0.2) is 23.1 Å². The smallest absolute Gasteiger partial charge is 0.433 e. The molecule has 36 heavy (non-hydrogen) atoms. The number of aryl methyl sites for hydroxylation is 1. The number of hydrogen-bond donors (Lipinski definition) is 2.